The van der Waals surface area contributed by atoms with Crippen LogP contribution in [0.1, 0.15) is 21.6 Å². The largest absolute Gasteiger partial charge is 0.433 e. The minimum absolute atomic E-state index is 0.0723. The molecule has 0 fully saturated rings. The number of fused-ring (bicyclic) bond motifs is 2. The summed E-state index contributed by atoms with van der Waals surface area (Å²) in [6.07, 6.45) is -8.77. The molecule has 0 unspecified atom stereocenters. The first-order valence-electron chi connectivity index (χ1n) is 10.5. The van der Waals surface area contributed by atoms with Gasteiger partial charge in [-0.25, -0.2) is 9.50 Å². The molecular weight excluding hydrogens is 486 g/mol. The fraction of sp³-hybridized carbons (Fsp3) is 0.0800. The van der Waals surface area contributed by atoms with Crippen molar-refractivity contribution in [3.05, 3.63) is 95.8 Å². The van der Waals surface area contributed by atoms with Crippen molar-refractivity contribution in [3.63, 3.8) is 0 Å². The standard InChI is InChI=1S/C25H14F6N4O/c26-24(27,28)18-10-3-4-11-19(18)34-23(36)17-13-32-35-21(25(29,30)31)12-20(33-22(17)35)16-9-5-7-14-6-1-2-8-15(14)16/h1-13H,(H,34,36). The van der Waals surface area contributed by atoms with Crippen LogP contribution < -0.4 is 5.32 Å². The fourth-order valence-corrected chi connectivity index (χ4v) is 3.94. The molecule has 2 heterocycles. The summed E-state index contributed by atoms with van der Waals surface area (Å²) in [7, 11) is 0. The monoisotopic (exact) mass is 500 g/mol. The Morgan fingerprint density at radius 2 is 1.53 bits per heavy atom. The van der Waals surface area contributed by atoms with Gasteiger partial charge in [-0.05, 0) is 29.0 Å². The highest BCUT2D eigenvalue weighted by molar-refractivity contribution is 6.08. The zero-order valence-electron chi connectivity index (χ0n) is 18.0. The summed E-state index contributed by atoms with van der Waals surface area (Å²) >= 11 is 0. The van der Waals surface area contributed by atoms with Crippen LogP contribution in [0, 0.1) is 0 Å². The van der Waals surface area contributed by atoms with E-state index in [9.17, 15) is 31.1 Å². The van der Waals surface area contributed by atoms with Crippen molar-refractivity contribution in [3.8, 4) is 11.3 Å². The van der Waals surface area contributed by atoms with Crippen LogP contribution in [0.15, 0.2) is 79.0 Å². The summed E-state index contributed by atoms with van der Waals surface area (Å²) in [5.41, 5.74) is -3.39. The number of nitrogens with zero attached hydrogens (tertiary/aromatic N) is 3. The maximum Gasteiger partial charge on any atom is 0.433 e. The third-order valence-corrected chi connectivity index (χ3v) is 5.55. The summed E-state index contributed by atoms with van der Waals surface area (Å²) in [6, 6.07) is 17.2. The van der Waals surface area contributed by atoms with Crippen molar-refractivity contribution < 1.29 is 31.1 Å². The van der Waals surface area contributed by atoms with Gasteiger partial charge in [0.1, 0.15) is 5.56 Å². The highest BCUT2D eigenvalue weighted by atomic mass is 19.4. The van der Waals surface area contributed by atoms with E-state index >= 15 is 0 Å². The molecule has 0 aliphatic heterocycles. The average molecular weight is 500 g/mol. The number of nitrogens with one attached hydrogen (secondary N) is 1. The van der Waals surface area contributed by atoms with Crippen LogP contribution in [-0.2, 0) is 12.4 Å². The third kappa shape index (κ3) is 4.12. The van der Waals surface area contributed by atoms with Gasteiger partial charge < -0.3 is 5.32 Å². The number of anilines is 1. The number of carbonyl (C=O) groups excluding carboxylic acids is 1. The zero-order chi connectivity index (χ0) is 25.7. The van der Waals surface area contributed by atoms with Crippen molar-refractivity contribution >= 4 is 28.0 Å². The first-order chi connectivity index (χ1) is 17.0. The minimum Gasteiger partial charge on any atom is -0.321 e. The molecule has 5 rings (SSSR count). The van der Waals surface area contributed by atoms with Gasteiger partial charge in [-0.2, -0.15) is 31.4 Å². The quantitative estimate of drug-likeness (QED) is 0.276. The topological polar surface area (TPSA) is 59.3 Å². The Kier molecular flexibility index (Phi) is 5.42. The molecule has 0 atom stereocenters. The Labute approximate surface area is 199 Å². The van der Waals surface area contributed by atoms with Gasteiger partial charge in [0, 0.05) is 5.56 Å². The smallest absolute Gasteiger partial charge is 0.321 e. The lowest BCUT2D eigenvalue weighted by Gasteiger charge is -2.14. The van der Waals surface area contributed by atoms with Crippen LogP contribution in [0.2, 0.25) is 0 Å². The molecule has 11 heteroatoms. The highest BCUT2D eigenvalue weighted by Crippen LogP contribution is 2.36. The lowest BCUT2D eigenvalue weighted by atomic mass is 10.0. The van der Waals surface area contributed by atoms with Crippen molar-refractivity contribution in [1.29, 1.82) is 0 Å². The first-order valence-corrected chi connectivity index (χ1v) is 10.5. The van der Waals surface area contributed by atoms with Gasteiger partial charge in [-0.3, -0.25) is 4.79 Å². The molecule has 2 aromatic heterocycles. The predicted molar refractivity (Wildman–Crippen MR) is 120 cm³/mol. The number of alkyl halides is 6. The molecule has 182 valence electrons. The van der Waals surface area contributed by atoms with E-state index in [1.54, 1.807) is 42.5 Å². The third-order valence-electron chi connectivity index (χ3n) is 5.55. The maximum absolute atomic E-state index is 14.0. The van der Waals surface area contributed by atoms with Crippen molar-refractivity contribution in [2.45, 2.75) is 12.4 Å². The number of carbonyl (C=O) groups is 1. The molecule has 36 heavy (non-hydrogen) atoms. The summed E-state index contributed by atoms with van der Waals surface area (Å²) in [4.78, 5) is 17.2. The number of amides is 1. The number of halogens is 6. The number of para-hydroxylation sites is 1. The molecule has 0 radical (unpaired) electrons. The van der Waals surface area contributed by atoms with Gasteiger partial charge in [-0.15, -0.1) is 0 Å². The Morgan fingerprint density at radius 1 is 0.833 bits per heavy atom. The molecule has 5 nitrogen and oxygen atoms in total. The number of benzene rings is 3. The van der Waals surface area contributed by atoms with Crippen LogP contribution in [0.5, 0.6) is 0 Å². The average Bonchev–Trinajstić information content (AvgIpc) is 3.26. The molecular formula is C25H14F6N4O. The Bertz CT molecular complexity index is 1620. The molecule has 0 saturated carbocycles. The number of hydrogen-bond acceptors (Lipinski definition) is 3. The number of hydrogen-bond donors (Lipinski definition) is 1. The molecule has 0 aliphatic rings. The van der Waals surface area contributed by atoms with Crippen LogP contribution in [0.3, 0.4) is 0 Å². The van der Waals surface area contributed by atoms with E-state index in [2.05, 4.69) is 15.4 Å². The van der Waals surface area contributed by atoms with E-state index in [4.69, 9.17) is 0 Å². The predicted octanol–water partition coefficient (Wildman–Crippen LogP) is 6.84. The minimum atomic E-state index is -4.86. The van der Waals surface area contributed by atoms with Gasteiger partial charge >= 0.3 is 12.4 Å². The molecule has 1 N–H and O–H groups in total. The van der Waals surface area contributed by atoms with Gasteiger partial charge in [0.2, 0.25) is 0 Å². The number of aromatic nitrogens is 3. The molecule has 0 spiro atoms. The lowest BCUT2D eigenvalue weighted by Crippen LogP contribution is -2.18. The second-order valence-electron chi connectivity index (χ2n) is 7.84. The highest BCUT2D eigenvalue weighted by Gasteiger charge is 2.37. The van der Waals surface area contributed by atoms with Crippen LogP contribution in [0.25, 0.3) is 27.7 Å². The van der Waals surface area contributed by atoms with Crippen molar-refractivity contribution in [2.24, 2.45) is 0 Å². The normalized spacial score (nSPS) is 12.3. The molecule has 0 bridgehead atoms. The van der Waals surface area contributed by atoms with Gasteiger partial charge in [0.15, 0.2) is 11.3 Å². The molecule has 0 aliphatic carbocycles. The van der Waals surface area contributed by atoms with E-state index < -0.39 is 46.4 Å². The first kappa shape index (κ1) is 23.3. The number of rotatable bonds is 3. The summed E-state index contributed by atoms with van der Waals surface area (Å²) in [6.45, 7) is 0. The maximum atomic E-state index is 14.0. The van der Waals surface area contributed by atoms with Gasteiger partial charge in [0.25, 0.3) is 5.91 Å². The van der Waals surface area contributed by atoms with E-state index in [1.165, 1.54) is 6.07 Å². The van der Waals surface area contributed by atoms with E-state index in [0.29, 0.717) is 15.5 Å². The van der Waals surface area contributed by atoms with E-state index in [1.807, 2.05) is 0 Å². The summed E-state index contributed by atoms with van der Waals surface area (Å²) in [5, 5.41) is 7.19. The van der Waals surface area contributed by atoms with Crippen molar-refractivity contribution in [2.75, 3.05) is 5.32 Å². The van der Waals surface area contributed by atoms with Crippen molar-refractivity contribution in [1.82, 2.24) is 14.6 Å². The SMILES string of the molecule is O=C(Nc1ccccc1C(F)(F)F)c1cnn2c(C(F)(F)F)cc(-c3cccc4ccccc34)nc12. The molecule has 1 amide bonds. The second kappa shape index (κ2) is 8.36. The Balaban J connectivity index is 1.68. The van der Waals surface area contributed by atoms with Crippen LogP contribution >= 0.6 is 0 Å². The zero-order valence-corrected chi connectivity index (χ0v) is 18.0. The van der Waals surface area contributed by atoms with E-state index in [-0.39, 0.29) is 5.69 Å². The lowest BCUT2D eigenvalue weighted by molar-refractivity contribution is -0.142. The fourth-order valence-electron chi connectivity index (χ4n) is 3.94. The Hall–Kier alpha value is -4.41. The van der Waals surface area contributed by atoms with Gasteiger partial charge in [-0.1, -0.05) is 54.6 Å². The Morgan fingerprint density at radius 3 is 2.28 bits per heavy atom. The summed E-state index contributed by atoms with van der Waals surface area (Å²) < 4.78 is 82.3. The molecule has 0 saturated heterocycles. The second-order valence-corrected chi connectivity index (χ2v) is 7.84. The van der Waals surface area contributed by atoms with Crippen LogP contribution in [0.4, 0.5) is 32.0 Å². The summed E-state index contributed by atoms with van der Waals surface area (Å²) in [5.74, 6) is -1.09. The van der Waals surface area contributed by atoms with Crippen LogP contribution in [-0.4, -0.2) is 20.5 Å². The molecule has 5 aromatic rings. The van der Waals surface area contributed by atoms with Gasteiger partial charge in [0.05, 0.1) is 23.1 Å². The van der Waals surface area contributed by atoms with E-state index in [0.717, 1.165) is 35.8 Å². The molecule has 3 aromatic carbocycles.